The summed E-state index contributed by atoms with van der Waals surface area (Å²) in [7, 11) is 0. The molecule has 0 bridgehead atoms. The number of anilines is 1. The number of morpholine rings is 1. The molecule has 2 heterocycles. The number of rotatable bonds is 8. The van der Waals surface area contributed by atoms with E-state index >= 15 is 0 Å². The Morgan fingerprint density at radius 3 is 2.56 bits per heavy atom. The Bertz CT molecular complexity index is 1150. The third-order valence-electron chi connectivity index (χ3n) is 6.30. The van der Waals surface area contributed by atoms with E-state index in [2.05, 4.69) is 25.8 Å². The smallest absolute Gasteiger partial charge is 0.257 e. The molecule has 0 spiro atoms. The third kappa shape index (κ3) is 5.35. The molecule has 3 atom stereocenters. The fourth-order valence-electron chi connectivity index (χ4n) is 4.46. The van der Waals surface area contributed by atoms with Crippen LogP contribution in [0.2, 0.25) is 5.02 Å². The highest BCUT2D eigenvalue weighted by atomic mass is 35.5. The van der Waals surface area contributed by atoms with Crippen molar-refractivity contribution in [3.8, 4) is 0 Å². The fraction of sp³-hybridized carbons (Fsp3) is 0.360. The number of carbonyl (C=O) groups excluding carboxylic acids is 3. The number of carbonyl (C=O) groups is 3. The molecule has 0 aliphatic carbocycles. The molecule has 36 heavy (non-hydrogen) atoms. The van der Waals surface area contributed by atoms with Crippen LogP contribution in [0.5, 0.6) is 0 Å². The number of benzene rings is 2. The van der Waals surface area contributed by atoms with Crippen LogP contribution in [-0.2, 0) is 19.9 Å². The molecular formula is C25H29ClN6O4. The average molecular weight is 513 g/mol. The van der Waals surface area contributed by atoms with Gasteiger partial charge in [-0.25, -0.2) is 0 Å². The minimum absolute atomic E-state index is 0.167. The van der Waals surface area contributed by atoms with Crippen molar-refractivity contribution in [1.29, 1.82) is 0 Å². The molecule has 2 aliphatic rings. The molecule has 4 rings (SSSR count). The van der Waals surface area contributed by atoms with Gasteiger partial charge in [0.2, 0.25) is 5.91 Å². The Morgan fingerprint density at radius 2 is 1.89 bits per heavy atom. The van der Waals surface area contributed by atoms with E-state index in [0.717, 1.165) is 13.1 Å². The predicted octanol–water partition coefficient (Wildman–Crippen LogP) is 1.11. The van der Waals surface area contributed by atoms with Crippen molar-refractivity contribution < 1.29 is 19.1 Å². The molecular weight excluding hydrogens is 484 g/mol. The number of nitrogens with zero attached hydrogens (tertiary/aromatic N) is 2. The van der Waals surface area contributed by atoms with Gasteiger partial charge in [-0.15, -0.1) is 0 Å². The minimum atomic E-state index is -1.56. The van der Waals surface area contributed by atoms with Crippen LogP contribution < -0.4 is 21.7 Å². The number of halogens is 1. The average Bonchev–Trinajstić information content (AvgIpc) is 3.32. The van der Waals surface area contributed by atoms with Crippen LogP contribution in [0.3, 0.4) is 0 Å². The van der Waals surface area contributed by atoms with E-state index in [9.17, 15) is 14.4 Å². The van der Waals surface area contributed by atoms with Gasteiger partial charge in [-0.2, -0.15) is 0 Å². The van der Waals surface area contributed by atoms with Gasteiger partial charge >= 0.3 is 0 Å². The first-order valence-corrected chi connectivity index (χ1v) is 12.0. The Kier molecular flexibility index (Phi) is 7.88. The molecule has 1 fully saturated rings. The molecule has 5 N–H and O–H groups in total. The van der Waals surface area contributed by atoms with Crippen molar-refractivity contribution in [3.63, 3.8) is 0 Å². The maximum Gasteiger partial charge on any atom is 0.257 e. The number of hydrogen-bond donors (Lipinski definition) is 4. The summed E-state index contributed by atoms with van der Waals surface area (Å²) in [5.41, 5.74) is 5.53. The zero-order chi connectivity index (χ0) is 25.7. The Labute approximate surface area is 214 Å². The zero-order valence-corrected chi connectivity index (χ0v) is 20.6. The van der Waals surface area contributed by atoms with Crippen molar-refractivity contribution in [1.82, 2.24) is 15.5 Å². The normalized spacial score (nSPS) is 22.4. The van der Waals surface area contributed by atoms with Crippen molar-refractivity contribution in [2.45, 2.75) is 24.5 Å². The lowest BCUT2D eigenvalue weighted by molar-refractivity contribution is -0.132. The summed E-state index contributed by atoms with van der Waals surface area (Å²) < 4.78 is 5.37. The molecule has 11 heteroatoms. The highest BCUT2D eigenvalue weighted by Gasteiger charge is 2.52. The molecule has 3 amide bonds. The molecule has 1 saturated heterocycles. The zero-order valence-electron chi connectivity index (χ0n) is 19.9. The van der Waals surface area contributed by atoms with Gasteiger partial charge in [0, 0.05) is 31.4 Å². The molecule has 3 unspecified atom stereocenters. The molecule has 0 saturated carbocycles. The van der Waals surface area contributed by atoms with Gasteiger partial charge in [0.05, 0.1) is 30.1 Å². The molecule has 0 aromatic heterocycles. The standard InChI is InChI=1S/C25H29ClN6O4/c1-16(14-32-10-12-36-13-11-32)30-23(34)21-25(24(27)35,29-15-28-21)17-6-8-18(9-7-17)31-22(33)19-4-2-3-5-20(19)26/h2-9,15-16,21H,10-14H2,1H3,(H2,27,35)(H,28,29)(H,30,34)(H,31,33). The van der Waals surface area contributed by atoms with Crippen LogP contribution in [-0.4, -0.2) is 73.9 Å². The van der Waals surface area contributed by atoms with E-state index in [4.69, 9.17) is 22.1 Å². The Hall–Kier alpha value is -3.47. The number of nitrogens with two attached hydrogens (primary N) is 1. The molecule has 2 aromatic carbocycles. The lowest BCUT2D eigenvalue weighted by Crippen LogP contribution is -2.61. The van der Waals surface area contributed by atoms with Crippen LogP contribution in [0, 0.1) is 0 Å². The molecule has 0 radical (unpaired) electrons. The summed E-state index contributed by atoms with van der Waals surface area (Å²) in [6.07, 6.45) is 1.33. The number of aliphatic imine (C=N–C) groups is 1. The topological polar surface area (TPSA) is 138 Å². The summed E-state index contributed by atoms with van der Waals surface area (Å²) in [5, 5.41) is 8.97. The first-order chi connectivity index (χ1) is 17.3. The quantitative estimate of drug-likeness (QED) is 0.418. The molecule has 2 aromatic rings. The van der Waals surface area contributed by atoms with E-state index in [1.165, 1.54) is 6.34 Å². The van der Waals surface area contributed by atoms with Crippen LogP contribution in [0.4, 0.5) is 5.69 Å². The molecule has 2 aliphatic heterocycles. The van der Waals surface area contributed by atoms with Gasteiger partial charge in [0.25, 0.3) is 11.8 Å². The number of nitrogens with one attached hydrogen (secondary N) is 3. The van der Waals surface area contributed by atoms with Crippen molar-refractivity contribution in [2.24, 2.45) is 10.7 Å². The molecule has 10 nitrogen and oxygen atoms in total. The number of primary amides is 1. The predicted molar refractivity (Wildman–Crippen MR) is 137 cm³/mol. The lowest BCUT2D eigenvalue weighted by Gasteiger charge is -2.33. The van der Waals surface area contributed by atoms with Crippen LogP contribution in [0.25, 0.3) is 0 Å². The van der Waals surface area contributed by atoms with E-state index in [1.54, 1.807) is 48.5 Å². The van der Waals surface area contributed by atoms with E-state index in [0.29, 0.717) is 41.6 Å². The summed E-state index contributed by atoms with van der Waals surface area (Å²) in [6.45, 7) is 5.49. The number of ether oxygens (including phenoxy) is 1. The summed E-state index contributed by atoms with van der Waals surface area (Å²) in [4.78, 5) is 44.9. The second kappa shape index (κ2) is 11.1. The van der Waals surface area contributed by atoms with Crippen LogP contribution in [0.15, 0.2) is 53.5 Å². The Morgan fingerprint density at radius 1 is 1.19 bits per heavy atom. The molecule has 190 valence electrons. The van der Waals surface area contributed by atoms with Crippen molar-refractivity contribution in [3.05, 3.63) is 64.7 Å². The van der Waals surface area contributed by atoms with Gasteiger partial charge in [-0.3, -0.25) is 24.3 Å². The lowest BCUT2D eigenvalue weighted by atomic mass is 9.82. The third-order valence-corrected chi connectivity index (χ3v) is 6.63. The second-order valence-electron chi connectivity index (χ2n) is 8.83. The highest BCUT2D eigenvalue weighted by Crippen LogP contribution is 2.31. The van der Waals surface area contributed by atoms with Gasteiger partial charge in [0.15, 0.2) is 11.6 Å². The van der Waals surface area contributed by atoms with Crippen LogP contribution >= 0.6 is 11.6 Å². The van der Waals surface area contributed by atoms with Crippen molar-refractivity contribution >= 4 is 41.3 Å². The maximum absolute atomic E-state index is 13.2. The van der Waals surface area contributed by atoms with Gasteiger partial charge in [-0.1, -0.05) is 35.9 Å². The van der Waals surface area contributed by atoms with Crippen molar-refractivity contribution in [2.75, 3.05) is 38.2 Å². The van der Waals surface area contributed by atoms with E-state index in [-0.39, 0.29) is 11.9 Å². The SMILES string of the molecule is CC(CN1CCOCC1)NC(=O)C1N=CNC1(C(N)=O)c1ccc(NC(=O)c2ccccc2Cl)cc1. The van der Waals surface area contributed by atoms with Gasteiger partial charge < -0.3 is 26.4 Å². The van der Waals surface area contributed by atoms with E-state index < -0.39 is 23.4 Å². The first-order valence-electron chi connectivity index (χ1n) is 11.7. The summed E-state index contributed by atoms with van der Waals surface area (Å²) >= 11 is 6.11. The maximum atomic E-state index is 13.2. The largest absolute Gasteiger partial charge is 0.379 e. The monoisotopic (exact) mass is 512 g/mol. The van der Waals surface area contributed by atoms with Gasteiger partial charge in [-0.05, 0) is 36.8 Å². The second-order valence-corrected chi connectivity index (χ2v) is 9.24. The van der Waals surface area contributed by atoms with E-state index in [1.807, 2.05) is 6.92 Å². The first kappa shape index (κ1) is 25.6. The van der Waals surface area contributed by atoms with Gasteiger partial charge in [0.1, 0.15) is 0 Å². The Balaban J connectivity index is 1.48. The minimum Gasteiger partial charge on any atom is -0.379 e. The van der Waals surface area contributed by atoms with Crippen LogP contribution in [0.1, 0.15) is 22.8 Å². The summed E-state index contributed by atoms with van der Waals surface area (Å²) in [5.74, 6) is -1.52. The fourth-order valence-corrected chi connectivity index (χ4v) is 4.68. The summed E-state index contributed by atoms with van der Waals surface area (Å²) in [6, 6.07) is 12.0. The number of hydrogen-bond acceptors (Lipinski definition) is 7. The number of amides is 3. The highest BCUT2D eigenvalue weighted by molar-refractivity contribution is 6.34.